The van der Waals surface area contributed by atoms with Gasteiger partial charge in [-0.3, -0.25) is 4.79 Å². The lowest BCUT2D eigenvalue weighted by molar-refractivity contribution is -0.134. The number of rotatable bonds is 2. The number of carbonyl (C=O) groups excluding carboxylic acids is 1. The summed E-state index contributed by atoms with van der Waals surface area (Å²) in [6, 6.07) is 0. The Morgan fingerprint density at radius 1 is 1.27 bits per heavy atom. The molecule has 1 N–H and O–H groups in total. The molecule has 0 unspecified atom stereocenters. The van der Waals surface area contributed by atoms with Crippen molar-refractivity contribution in [3.05, 3.63) is 0 Å². The Kier molecular flexibility index (Phi) is 3.57. The monoisotopic (exact) mass is 228 g/mol. The average molecular weight is 228 g/mol. The van der Waals surface area contributed by atoms with Crippen LogP contribution >= 0.6 is 11.8 Å². The molecule has 1 aliphatic carbocycles. The van der Waals surface area contributed by atoms with Gasteiger partial charge < -0.3 is 10.2 Å². The molecule has 1 saturated carbocycles. The van der Waals surface area contributed by atoms with Crippen LogP contribution < -0.4 is 5.32 Å². The van der Waals surface area contributed by atoms with Crippen molar-refractivity contribution in [2.75, 3.05) is 32.4 Å². The van der Waals surface area contributed by atoms with Crippen LogP contribution in [0.2, 0.25) is 0 Å². The van der Waals surface area contributed by atoms with E-state index < -0.39 is 0 Å². The van der Waals surface area contributed by atoms with Crippen LogP contribution in [0.4, 0.5) is 0 Å². The van der Waals surface area contributed by atoms with Crippen molar-refractivity contribution in [3.63, 3.8) is 0 Å². The molecule has 15 heavy (non-hydrogen) atoms. The number of hydrogen-bond donors (Lipinski definition) is 1. The number of thioether (sulfide) groups is 1. The number of hydrogen-bond acceptors (Lipinski definition) is 3. The largest absolute Gasteiger partial charge is 0.339 e. The summed E-state index contributed by atoms with van der Waals surface area (Å²) in [6.07, 6.45) is 6.69. The molecule has 3 nitrogen and oxygen atoms in total. The van der Waals surface area contributed by atoms with Gasteiger partial charge in [0.15, 0.2) is 0 Å². The molecule has 1 saturated heterocycles. The quantitative estimate of drug-likeness (QED) is 0.768. The summed E-state index contributed by atoms with van der Waals surface area (Å²) >= 11 is 1.77. The second-order valence-corrected chi connectivity index (χ2v) is 5.64. The van der Waals surface area contributed by atoms with E-state index in [1.165, 1.54) is 12.8 Å². The van der Waals surface area contributed by atoms with E-state index >= 15 is 0 Å². The van der Waals surface area contributed by atoms with Gasteiger partial charge in [-0.2, -0.15) is 0 Å². The van der Waals surface area contributed by atoms with Gasteiger partial charge in [-0.15, -0.1) is 11.8 Å². The lowest BCUT2D eigenvalue weighted by atomic mass is 10.0. The number of amides is 1. The van der Waals surface area contributed by atoms with Gasteiger partial charge >= 0.3 is 0 Å². The molecule has 0 spiro atoms. The summed E-state index contributed by atoms with van der Waals surface area (Å²) in [7, 11) is 0. The van der Waals surface area contributed by atoms with E-state index in [1.54, 1.807) is 11.8 Å². The van der Waals surface area contributed by atoms with Gasteiger partial charge in [0.05, 0.1) is 4.75 Å². The molecular formula is C11H20N2OS. The zero-order chi connectivity index (χ0) is 10.7. The van der Waals surface area contributed by atoms with Crippen molar-refractivity contribution in [3.8, 4) is 0 Å². The number of carbonyl (C=O) groups is 1. The maximum atomic E-state index is 12.4. The normalized spacial score (nSPS) is 25.5. The lowest BCUT2D eigenvalue weighted by Gasteiger charge is -2.35. The molecule has 2 aliphatic rings. The van der Waals surface area contributed by atoms with E-state index in [4.69, 9.17) is 0 Å². The highest BCUT2D eigenvalue weighted by Crippen LogP contribution is 2.41. The van der Waals surface area contributed by atoms with Gasteiger partial charge in [0.25, 0.3) is 0 Å². The van der Waals surface area contributed by atoms with Crippen molar-refractivity contribution >= 4 is 17.7 Å². The minimum Gasteiger partial charge on any atom is -0.339 e. The topological polar surface area (TPSA) is 32.3 Å². The van der Waals surface area contributed by atoms with Gasteiger partial charge in [0.2, 0.25) is 5.91 Å². The molecule has 1 amide bonds. The Morgan fingerprint density at radius 3 is 2.40 bits per heavy atom. The first-order chi connectivity index (χ1) is 7.28. The predicted molar refractivity (Wildman–Crippen MR) is 64.2 cm³/mol. The van der Waals surface area contributed by atoms with Crippen LogP contribution in [0.3, 0.4) is 0 Å². The van der Waals surface area contributed by atoms with Gasteiger partial charge in [0, 0.05) is 26.2 Å². The summed E-state index contributed by atoms with van der Waals surface area (Å²) in [5, 5.41) is 3.29. The first-order valence-corrected chi connectivity index (χ1v) is 7.06. The molecule has 4 heteroatoms. The predicted octanol–water partition coefficient (Wildman–Crippen LogP) is 1.09. The van der Waals surface area contributed by atoms with E-state index in [2.05, 4.69) is 16.5 Å². The van der Waals surface area contributed by atoms with E-state index in [1.807, 2.05) is 0 Å². The molecule has 0 atom stereocenters. The molecular weight excluding hydrogens is 208 g/mol. The molecule has 0 aromatic rings. The molecule has 1 aliphatic heterocycles. The van der Waals surface area contributed by atoms with Crippen molar-refractivity contribution in [2.45, 2.75) is 30.4 Å². The zero-order valence-corrected chi connectivity index (χ0v) is 10.2. The fraction of sp³-hybridized carbons (Fsp3) is 0.909. The second kappa shape index (κ2) is 4.74. The molecule has 2 rings (SSSR count). The fourth-order valence-corrected chi connectivity index (χ4v) is 3.61. The number of nitrogens with one attached hydrogen (secondary N) is 1. The summed E-state index contributed by atoms with van der Waals surface area (Å²) in [5.74, 6) is 0.397. The highest BCUT2D eigenvalue weighted by atomic mass is 32.2. The first-order valence-electron chi connectivity index (χ1n) is 5.84. The third-order valence-corrected chi connectivity index (χ3v) is 4.96. The molecule has 0 aromatic carbocycles. The van der Waals surface area contributed by atoms with Crippen LogP contribution in [0, 0.1) is 0 Å². The Bertz CT molecular complexity index is 233. The molecule has 0 bridgehead atoms. The van der Waals surface area contributed by atoms with Gasteiger partial charge in [-0.25, -0.2) is 0 Å². The standard InChI is InChI=1S/C11H20N2OS/c1-15-11(4-2-3-5-11)10(14)13-8-6-12-7-9-13/h12H,2-9H2,1H3. The van der Waals surface area contributed by atoms with Crippen molar-refractivity contribution < 1.29 is 4.79 Å². The molecule has 86 valence electrons. The number of piperazine rings is 1. The van der Waals surface area contributed by atoms with Crippen LogP contribution in [-0.4, -0.2) is 48.0 Å². The van der Waals surface area contributed by atoms with E-state index in [-0.39, 0.29) is 4.75 Å². The Balaban J connectivity index is 2.03. The van der Waals surface area contributed by atoms with Crippen LogP contribution in [0.1, 0.15) is 25.7 Å². The minimum absolute atomic E-state index is 0.0721. The van der Waals surface area contributed by atoms with Crippen LogP contribution in [0.15, 0.2) is 0 Å². The van der Waals surface area contributed by atoms with Gasteiger partial charge in [-0.05, 0) is 19.1 Å². The van der Waals surface area contributed by atoms with Crippen molar-refractivity contribution in [1.29, 1.82) is 0 Å². The van der Waals surface area contributed by atoms with Crippen LogP contribution in [0.5, 0.6) is 0 Å². The molecule has 0 radical (unpaired) electrons. The molecule has 2 fully saturated rings. The Morgan fingerprint density at radius 2 is 1.87 bits per heavy atom. The average Bonchev–Trinajstić information content (AvgIpc) is 2.79. The van der Waals surface area contributed by atoms with Gasteiger partial charge in [0.1, 0.15) is 0 Å². The zero-order valence-electron chi connectivity index (χ0n) is 9.42. The van der Waals surface area contributed by atoms with E-state index in [0.29, 0.717) is 5.91 Å². The highest BCUT2D eigenvalue weighted by Gasteiger charge is 2.42. The van der Waals surface area contributed by atoms with E-state index in [0.717, 1.165) is 39.0 Å². The third-order valence-electron chi connectivity index (χ3n) is 3.60. The first kappa shape index (κ1) is 11.3. The van der Waals surface area contributed by atoms with Crippen molar-refractivity contribution in [2.24, 2.45) is 0 Å². The Hall–Kier alpha value is -0.220. The lowest BCUT2D eigenvalue weighted by Crippen LogP contribution is -2.52. The van der Waals surface area contributed by atoms with Crippen LogP contribution in [-0.2, 0) is 4.79 Å². The summed E-state index contributed by atoms with van der Waals surface area (Å²) in [4.78, 5) is 14.5. The smallest absolute Gasteiger partial charge is 0.238 e. The number of nitrogens with zero attached hydrogens (tertiary/aromatic N) is 1. The molecule has 1 heterocycles. The highest BCUT2D eigenvalue weighted by molar-refractivity contribution is 8.00. The van der Waals surface area contributed by atoms with Crippen molar-refractivity contribution in [1.82, 2.24) is 10.2 Å². The SMILES string of the molecule is CSC1(C(=O)N2CCNCC2)CCCC1. The Labute approximate surface area is 96.0 Å². The van der Waals surface area contributed by atoms with Crippen LogP contribution in [0.25, 0.3) is 0 Å². The maximum absolute atomic E-state index is 12.4. The summed E-state index contributed by atoms with van der Waals surface area (Å²) < 4.78 is -0.0721. The summed E-state index contributed by atoms with van der Waals surface area (Å²) in [6.45, 7) is 3.69. The summed E-state index contributed by atoms with van der Waals surface area (Å²) in [5.41, 5.74) is 0. The fourth-order valence-electron chi connectivity index (χ4n) is 2.61. The third kappa shape index (κ3) is 2.16. The molecule has 0 aromatic heterocycles. The van der Waals surface area contributed by atoms with E-state index in [9.17, 15) is 4.79 Å². The second-order valence-electron chi connectivity index (χ2n) is 4.45. The minimum atomic E-state index is -0.0721. The van der Waals surface area contributed by atoms with Gasteiger partial charge in [-0.1, -0.05) is 12.8 Å². The maximum Gasteiger partial charge on any atom is 0.238 e.